The fourth-order valence-corrected chi connectivity index (χ4v) is 5.18. The van der Waals surface area contributed by atoms with Crippen LogP contribution in [0.4, 0.5) is 9.18 Å². The third-order valence-electron chi connectivity index (χ3n) is 7.16. The number of halogens is 1. The predicted octanol–water partition coefficient (Wildman–Crippen LogP) is 3.15. The Labute approximate surface area is 232 Å². The number of likely N-dealkylation sites (N-methyl/N-ethyl adjacent to an activating group) is 1. The summed E-state index contributed by atoms with van der Waals surface area (Å²) in [5.74, 6) is -0.839. The summed E-state index contributed by atoms with van der Waals surface area (Å²) in [7, 11) is 1.69. The molecule has 9 nitrogen and oxygen atoms in total. The zero-order chi connectivity index (χ0) is 28.1. The molecule has 0 aliphatic carbocycles. The van der Waals surface area contributed by atoms with Gasteiger partial charge in [-0.15, -0.1) is 0 Å². The highest BCUT2D eigenvalue weighted by Crippen LogP contribution is 2.34. The monoisotopic (exact) mass is 545 g/mol. The number of hydrogen-bond acceptors (Lipinski definition) is 5. The molecule has 2 atom stereocenters. The van der Waals surface area contributed by atoms with Crippen LogP contribution in [0.3, 0.4) is 0 Å². The first-order valence-corrected chi connectivity index (χ1v) is 13.2. The molecule has 0 saturated carbocycles. The molecular weight excluding hydrogens is 513 g/mol. The Bertz CT molecular complexity index is 1340. The summed E-state index contributed by atoms with van der Waals surface area (Å²) >= 11 is 0. The van der Waals surface area contributed by atoms with Gasteiger partial charge >= 0.3 is 6.03 Å². The van der Waals surface area contributed by atoms with Gasteiger partial charge in [-0.3, -0.25) is 9.59 Å². The number of hydrogen-bond donors (Lipinski definition) is 1. The number of ether oxygens (including phenoxy) is 1. The van der Waals surface area contributed by atoms with Crippen LogP contribution in [0.5, 0.6) is 0 Å². The first-order chi connectivity index (χ1) is 19.4. The summed E-state index contributed by atoms with van der Waals surface area (Å²) in [6.45, 7) is 0.843. The fraction of sp³-hybridized carbons (Fsp3) is 0.300. The molecule has 208 valence electrons. The molecular formula is C30H32FN5O4. The summed E-state index contributed by atoms with van der Waals surface area (Å²) in [5.41, 5.74) is 2.04. The number of nitrogens with zero attached hydrogens (tertiary/aromatic N) is 4. The van der Waals surface area contributed by atoms with Crippen molar-refractivity contribution in [2.45, 2.75) is 25.4 Å². The molecule has 2 heterocycles. The van der Waals surface area contributed by atoms with Crippen molar-refractivity contribution in [2.75, 3.05) is 33.3 Å². The Morgan fingerprint density at radius 1 is 0.975 bits per heavy atom. The zero-order valence-electron chi connectivity index (χ0n) is 22.3. The SMILES string of the molecule is CN1CC(=O)N2C(CN(CCOCc3ccccc3F)C(=O)[C@@H]2c2ccccc2)N1C(=O)NCc1ccccc1. The number of amides is 4. The van der Waals surface area contributed by atoms with Crippen LogP contribution in [0.2, 0.25) is 0 Å². The highest BCUT2D eigenvalue weighted by atomic mass is 19.1. The molecule has 40 heavy (non-hydrogen) atoms. The van der Waals surface area contributed by atoms with Crippen molar-refractivity contribution >= 4 is 17.8 Å². The molecule has 2 fully saturated rings. The molecule has 4 amide bonds. The largest absolute Gasteiger partial charge is 0.375 e. The highest BCUT2D eigenvalue weighted by molar-refractivity contribution is 5.92. The summed E-state index contributed by atoms with van der Waals surface area (Å²) in [6.07, 6.45) is -0.725. The van der Waals surface area contributed by atoms with Gasteiger partial charge in [0, 0.05) is 25.7 Å². The van der Waals surface area contributed by atoms with Gasteiger partial charge < -0.3 is 19.9 Å². The van der Waals surface area contributed by atoms with Gasteiger partial charge in [0.2, 0.25) is 11.8 Å². The zero-order valence-corrected chi connectivity index (χ0v) is 22.3. The highest BCUT2D eigenvalue weighted by Gasteiger charge is 2.51. The lowest BCUT2D eigenvalue weighted by Crippen LogP contribution is -2.73. The van der Waals surface area contributed by atoms with Crippen molar-refractivity contribution < 1.29 is 23.5 Å². The van der Waals surface area contributed by atoms with Crippen LogP contribution in [0.15, 0.2) is 84.9 Å². The van der Waals surface area contributed by atoms with Gasteiger partial charge in [-0.05, 0) is 17.2 Å². The third kappa shape index (κ3) is 5.83. The second kappa shape index (κ2) is 12.3. The van der Waals surface area contributed by atoms with E-state index in [0.717, 1.165) is 5.56 Å². The van der Waals surface area contributed by atoms with Crippen molar-refractivity contribution in [1.82, 2.24) is 25.1 Å². The lowest BCUT2D eigenvalue weighted by molar-refractivity contribution is -0.188. The van der Waals surface area contributed by atoms with Crippen LogP contribution < -0.4 is 5.32 Å². The van der Waals surface area contributed by atoms with Crippen LogP contribution in [0, 0.1) is 5.82 Å². The fourth-order valence-electron chi connectivity index (χ4n) is 5.18. The number of fused-ring (bicyclic) bond motifs is 1. The van der Waals surface area contributed by atoms with Crippen molar-refractivity contribution in [3.8, 4) is 0 Å². The Morgan fingerprint density at radius 3 is 2.38 bits per heavy atom. The smallest absolute Gasteiger partial charge is 0.334 e. The van der Waals surface area contributed by atoms with E-state index >= 15 is 0 Å². The molecule has 2 aliphatic rings. The van der Waals surface area contributed by atoms with Gasteiger partial charge in [0.25, 0.3) is 0 Å². The van der Waals surface area contributed by atoms with Gasteiger partial charge in [-0.2, -0.15) is 0 Å². The number of benzene rings is 3. The molecule has 1 N–H and O–H groups in total. The molecule has 0 spiro atoms. The van der Waals surface area contributed by atoms with Gasteiger partial charge in [-0.25, -0.2) is 19.2 Å². The van der Waals surface area contributed by atoms with Gasteiger partial charge in [0.1, 0.15) is 18.0 Å². The van der Waals surface area contributed by atoms with Crippen LogP contribution in [-0.4, -0.2) is 77.1 Å². The maximum atomic E-state index is 14.0. The molecule has 2 saturated heterocycles. The standard InChI is InChI=1S/C30H32FN5O4/c1-33-20-27(37)35-26(36(33)30(39)32-18-22-10-4-2-5-11-22)19-34(29(38)28(35)23-12-6-3-7-13-23)16-17-40-21-24-14-8-9-15-25(24)31/h2-15,26,28H,16-21H2,1H3,(H,32,39)/t26?,28-/m0/s1. The molecule has 0 aromatic heterocycles. The van der Waals surface area contributed by atoms with Crippen molar-refractivity contribution in [3.63, 3.8) is 0 Å². The second-order valence-corrected chi connectivity index (χ2v) is 9.83. The normalized spacial score (nSPS) is 19.5. The minimum absolute atomic E-state index is 0.0440. The number of rotatable bonds is 8. The van der Waals surface area contributed by atoms with Crippen LogP contribution in [0.1, 0.15) is 22.7 Å². The van der Waals surface area contributed by atoms with E-state index in [9.17, 15) is 18.8 Å². The van der Waals surface area contributed by atoms with Crippen molar-refractivity contribution in [3.05, 3.63) is 107 Å². The topological polar surface area (TPSA) is 85.4 Å². The minimum Gasteiger partial charge on any atom is -0.375 e. The van der Waals surface area contributed by atoms with Crippen molar-refractivity contribution in [2.24, 2.45) is 0 Å². The average molecular weight is 546 g/mol. The van der Waals surface area contributed by atoms with E-state index in [2.05, 4.69) is 5.32 Å². The Kier molecular flexibility index (Phi) is 8.37. The summed E-state index contributed by atoms with van der Waals surface area (Å²) < 4.78 is 19.7. The van der Waals surface area contributed by atoms with Gasteiger partial charge in [0.05, 0.1) is 26.3 Å². The number of hydrazine groups is 1. The number of urea groups is 1. The van der Waals surface area contributed by atoms with Crippen LogP contribution in [0.25, 0.3) is 0 Å². The third-order valence-corrected chi connectivity index (χ3v) is 7.16. The maximum absolute atomic E-state index is 14.0. The van der Waals surface area contributed by atoms with E-state index in [0.29, 0.717) is 17.7 Å². The van der Waals surface area contributed by atoms with E-state index in [1.807, 2.05) is 60.7 Å². The van der Waals surface area contributed by atoms with Crippen molar-refractivity contribution in [1.29, 1.82) is 0 Å². The lowest BCUT2D eigenvalue weighted by Gasteiger charge is -2.54. The summed E-state index contributed by atoms with van der Waals surface area (Å²) in [5, 5.41) is 6.05. The average Bonchev–Trinajstić information content (AvgIpc) is 2.96. The van der Waals surface area contributed by atoms with Gasteiger partial charge in [-0.1, -0.05) is 78.9 Å². The van der Waals surface area contributed by atoms with E-state index < -0.39 is 12.2 Å². The number of carbonyl (C=O) groups excluding carboxylic acids is 3. The molecule has 1 unspecified atom stereocenters. The predicted molar refractivity (Wildman–Crippen MR) is 146 cm³/mol. The van der Waals surface area contributed by atoms with E-state index in [-0.39, 0.29) is 56.5 Å². The minimum atomic E-state index is -0.892. The Morgan fingerprint density at radius 2 is 1.65 bits per heavy atom. The first-order valence-electron chi connectivity index (χ1n) is 13.2. The molecule has 5 rings (SSSR count). The second-order valence-electron chi connectivity index (χ2n) is 9.83. The van der Waals surface area contributed by atoms with Crippen LogP contribution in [-0.2, 0) is 27.5 Å². The first kappa shape index (κ1) is 27.3. The Hall–Kier alpha value is -4.28. The molecule has 3 aromatic carbocycles. The molecule has 0 radical (unpaired) electrons. The molecule has 0 bridgehead atoms. The van der Waals surface area contributed by atoms with E-state index in [1.165, 1.54) is 16.0 Å². The van der Waals surface area contributed by atoms with Gasteiger partial charge in [0.15, 0.2) is 0 Å². The molecule has 10 heteroatoms. The molecule has 3 aromatic rings. The maximum Gasteiger partial charge on any atom is 0.334 e. The number of piperazine rings is 1. The number of nitrogens with one attached hydrogen (secondary N) is 1. The van der Waals surface area contributed by atoms with E-state index in [4.69, 9.17) is 4.74 Å². The lowest BCUT2D eigenvalue weighted by atomic mass is 9.99. The summed E-state index contributed by atoms with van der Waals surface area (Å²) in [4.78, 5) is 43.8. The number of carbonyl (C=O) groups is 3. The Balaban J connectivity index is 1.36. The quantitative estimate of drug-likeness (QED) is 0.440. The summed E-state index contributed by atoms with van der Waals surface area (Å²) in [6, 6.07) is 23.8. The molecule has 2 aliphatic heterocycles. The van der Waals surface area contributed by atoms with Crippen LogP contribution >= 0.6 is 0 Å². The van der Waals surface area contributed by atoms with E-state index in [1.54, 1.807) is 35.2 Å².